The van der Waals surface area contributed by atoms with E-state index in [2.05, 4.69) is 5.32 Å². The van der Waals surface area contributed by atoms with Crippen LogP contribution in [-0.2, 0) is 6.54 Å². The van der Waals surface area contributed by atoms with Gasteiger partial charge in [-0.2, -0.15) is 0 Å². The Labute approximate surface area is 108 Å². The van der Waals surface area contributed by atoms with Crippen molar-refractivity contribution in [1.29, 1.82) is 0 Å². The Bertz CT molecular complexity index is 561. The molecule has 1 fully saturated rings. The van der Waals surface area contributed by atoms with Crippen molar-refractivity contribution in [1.82, 2.24) is 5.32 Å². The molecule has 0 unspecified atom stereocenters. The van der Waals surface area contributed by atoms with Crippen molar-refractivity contribution >= 4 is 11.3 Å². The van der Waals surface area contributed by atoms with Crippen molar-refractivity contribution in [2.45, 2.75) is 25.4 Å². The van der Waals surface area contributed by atoms with Crippen LogP contribution in [0, 0.1) is 11.6 Å². The lowest BCUT2D eigenvalue weighted by Gasteiger charge is -2.01. The van der Waals surface area contributed by atoms with Gasteiger partial charge in [0.25, 0.3) is 0 Å². The molecule has 1 nitrogen and oxygen atoms in total. The van der Waals surface area contributed by atoms with E-state index in [1.165, 1.54) is 30.2 Å². The van der Waals surface area contributed by atoms with Gasteiger partial charge in [-0.1, -0.05) is 12.1 Å². The Morgan fingerprint density at radius 1 is 1.17 bits per heavy atom. The average molecular weight is 265 g/mol. The van der Waals surface area contributed by atoms with Gasteiger partial charge in [-0.3, -0.25) is 0 Å². The third kappa shape index (κ3) is 2.44. The van der Waals surface area contributed by atoms with Gasteiger partial charge < -0.3 is 5.32 Å². The van der Waals surface area contributed by atoms with Gasteiger partial charge in [-0.05, 0) is 31.0 Å². The van der Waals surface area contributed by atoms with Crippen LogP contribution in [0.15, 0.2) is 30.3 Å². The minimum Gasteiger partial charge on any atom is -0.309 e. The standard InChI is InChI=1S/C14H13F2NS/c15-12-3-1-2-11(14(12)16)13-7-6-10(18-13)8-17-9-4-5-9/h1-3,6-7,9,17H,4-5,8H2. The molecule has 1 saturated carbocycles. The van der Waals surface area contributed by atoms with Crippen molar-refractivity contribution in [3.63, 3.8) is 0 Å². The number of hydrogen-bond acceptors (Lipinski definition) is 2. The first kappa shape index (κ1) is 11.8. The maximum atomic E-state index is 13.6. The highest BCUT2D eigenvalue weighted by Gasteiger charge is 2.20. The number of nitrogens with one attached hydrogen (secondary N) is 1. The lowest BCUT2D eigenvalue weighted by atomic mass is 10.2. The molecule has 0 aliphatic heterocycles. The third-order valence-corrected chi connectivity index (χ3v) is 4.14. The van der Waals surface area contributed by atoms with Crippen LogP contribution in [0.2, 0.25) is 0 Å². The maximum Gasteiger partial charge on any atom is 0.167 e. The van der Waals surface area contributed by atoms with Gasteiger partial charge in [0.15, 0.2) is 11.6 Å². The van der Waals surface area contributed by atoms with Gasteiger partial charge >= 0.3 is 0 Å². The molecule has 0 atom stereocenters. The summed E-state index contributed by atoms with van der Waals surface area (Å²) < 4.78 is 26.8. The summed E-state index contributed by atoms with van der Waals surface area (Å²) in [4.78, 5) is 1.93. The summed E-state index contributed by atoms with van der Waals surface area (Å²) in [5, 5.41) is 3.41. The van der Waals surface area contributed by atoms with Gasteiger partial charge in [0, 0.05) is 27.9 Å². The number of hydrogen-bond donors (Lipinski definition) is 1. The molecule has 1 N–H and O–H groups in total. The number of benzene rings is 1. The van der Waals surface area contributed by atoms with Crippen molar-refractivity contribution in [2.75, 3.05) is 0 Å². The van der Waals surface area contributed by atoms with Gasteiger partial charge in [0.1, 0.15) is 0 Å². The topological polar surface area (TPSA) is 12.0 Å². The van der Waals surface area contributed by atoms with Gasteiger partial charge in [-0.25, -0.2) is 8.78 Å². The van der Waals surface area contributed by atoms with E-state index in [0.717, 1.165) is 22.4 Å². The normalized spacial score (nSPS) is 15.0. The first-order valence-corrected chi connectivity index (χ1v) is 6.82. The van der Waals surface area contributed by atoms with Crippen molar-refractivity contribution in [3.8, 4) is 10.4 Å². The van der Waals surface area contributed by atoms with Crippen LogP contribution in [-0.4, -0.2) is 6.04 Å². The van der Waals surface area contributed by atoms with E-state index in [0.29, 0.717) is 11.6 Å². The zero-order valence-electron chi connectivity index (χ0n) is 9.75. The van der Waals surface area contributed by atoms with Crippen molar-refractivity contribution in [2.24, 2.45) is 0 Å². The molecule has 1 heterocycles. The fourth-order valence-corrected chi connectivity index (χ4v) is 2.82. The predicted octanol–water partition coefficient (Wildman–Crippen LogP) is 3.95. The van der Waals surface area contributed by atoms with Gasteiger partial charge in [0.2, 0.25) is 0 Å². The molecular formula is C14H13F2NS. The Kier molecular flexibility index (Phi) is 3.14. The zero-order chi connectivity index (χ0) is 12.5. The van der Waals surface area contributed by atoms with Gasteiger partial charge in [0.05, 0.1) is 0 Å². The molecule has 0 amide bonds. The maximum absolute atomic E-state index is 13.6. The van der Waals surface area contributed by atoms with Gasteiger partial charge in [-0.15, -0.1) is 11.3 Å². The summed E-state index contributed by atoms with van der Waals surface area (Å²) >= 11 is 1.51. The van der Waals surface area contributed by atoms with Crippen LogP contribution in [0.5, 0.6) is 0 Å². The molecule has 18 heavy (non-hydrogen) atoms. The lowest BCUT2D eigenvalue weighted by Crippen LogP contribution is -2.14. The van der Waals surface area contributed by atoms with Crippen molar-refractivity contribution in [3.05, 3.63) is 46.8 Å². The Hall–Kier alpha value is -1.26. The number of thiophene rings is 1. The molecule has 0 radical (unpaired) electrons. The molecule has 94 valence electrons. The molecular weight excluding hydrogens is 252 g/mol. The summed E-state index contributed by atoms with van der Waals surface area (Å²) in [6.07, 6.45) is 2.49. The molecule has 0 bridgehead atoms. The second-order valence-corrected chi connectivity index (χ2v) is 5.69. The van der Waals surface area contributed by atoms with Crippen LogP contribution >= 0.6 is 11.3 Å². The molecule has 1 aromatic heterocycles. The van der Waals surface area contributed by atoms with E-state index in [9.17, 15) is 8.78 Å². The van der Waals surface area contributed by atoms with E-state index in [1.54, 1.807) is 6.07 Å². The molecule has 4 heteroatoms. The van der Waals surface area contributed by atoms with Crippen LogP contribution < -0.4 is 5.32 Å². The summed E-state index contributed by atoms with van der Waals surface area (Å²) in [6.45, 7) is 0.812. The first-order valence-electron chi connectivity index (χ1n) is 6.00. The monoisotopic (exact) mass is 265 g/mol. The molecule has 2 aromatic rings. The minimum absolute atomic E-state index is 0.345. The van der Waals surface area contributed by atoms with E-state index in [4.69, 9.17) is 0 Å². The molecule has 1 aliphatic carbocycles. The van der Waals surface area contributed by atoms with E-state index in [1.807, 2.05) is 12.1 Å². The quantitative estimate of drug-likeness (QED) is 0.882. The molecule has 1 aliphatic rings. The zero-order valence-corrected chi connectivity index (χ0v) is 10.6. The predicted molar refractivity (Wildman–Crippen MR) is 69.5 cm³/mol. The Morgan fingerprint density at radius 3 is 2.78 bits per heavy atom. The first-order chi connectivity index (χ1) is 8.74. The number of rotatable bonds is 4. The van der Waals surface area contributed by atoms with E-state index >= 15 is 0 Å². The SMILES string of the molecule is Fc1cccc(-c2ccc(CNC3CC3)s2)c1F. The highest BCUT2D eigenvalue weighted by molar-refractivity contribution is 7.15. The van der Waals surface area contributed by atoms with Crippen LogP contribution in [0.4, 0.5) is 8.78 Å². The fourth-order valence-electron chi connectivity index (χ4n) is 1.84. The Morgan fingerprint density at radius 2 is 2.00 bits per heavy atom. The fraction of sp³-hybridized carbons (Fsp3) is 0.286. The summed E-state index contributed by atoms with van der Waals surface area (Å²) in [7, 11) is 0. The molecule has 0 saturated heterocycles. The summed E-state index contributed by atoms with van der Waals surface area (Å²) in [5.74, 6) is -1.56. The van der Waals surface area contributed by atoms with Crippen LogP contribution in [0.25, 0.3) is 10.4 Å². The van der Waals surface area contributed by atoms with Crippen LogP contribution in [0.1, 0.15) is 17.7 Å². The van der Waals surface area contributed by atoms with E-state index in [-0.39, 0.29) is 0 Å². The average Bonchev–Trinajstić information content (AvgIpc) is 3.08. The van der Waals surface area contributed by atoms with Crippen LogP contribution in [0.3, 0.4) is 0 Å². The smallest absolute Gasteiger partial charge is 0.167 e. The highest BCUT2D eigenvalue weighted by Crippen LogP contribution is 2.31. The van der Waals surface area contributed by atoms with Crippen molar-refractivity contribution < 1.29 is 8.78 Å². The number of halogens is 2. The van der Waals surface area contributed by atoms with E-state index < -0.39 is 11.6 Å². The lowest BCUT2D eigenvalue weighted by molar-refractivity contribution is 0.511. The second-order valence-electron chi connectivity index (χ2n) is 4.52. The Balaban J connectivity index is 1.80. The summed E-state index contributed by atoms with van der Waals surface area (Å²) in [5.41, 5.74) is 0.345. The summed E-state index contributed by atoms with van der Waals surface area (Å²) in [6, 6.07) is 8.77. The largest absolute Gasteiger partial charge is 0.309 e. The second kappa shape index (κ2) is 4.78. The molecule has 1 aromatic carbocycles. The highest BCUT2D eigenvalue weighted by atomic mass is 32.1. The molecule has 3 rings (SSSR count). The third-order valence-electron chi connectivity index (χ3n) is 3.02. The minimum atomic E-state index is -0.793. The molecule has 0 spiro atoms.